The summed E-state index contributed by atoms with van der Waals surface area (Å²) in [5.74, 6) is -0.584. The molecule has 1 aliphatic heterocycles. The van der Waals surface area contributed by atoms with Crippen LogP contribution in [0.4, 0.5) is 5.69 Å². The second-order valence-electron chi connectivity index (χ2n) is 4.25. The smallest absolute Gasteiger partial charge is 0.269 e. The Morgan fingerprint density at radius 2 is 1.86 bits per heavy atom. The fourth-order valence-electron chi connectivity index (χ4n) is 1.90. The molecule has 1 aromatic carbocycles. The number of carbonyl (C=O) groups excluding carboxylic acids is 2. The number of hydrogen-bond acceptors (Lipinski definition) is 6. The van der Waals surface area contributed by atoms with Gasteiger partial charge in [-0.1, -0.05) is 0 Å². The molecule has 0 bridgehead atoms. The highest BCUT2D eigenvalue weighted by Gasteiger charge is 2.36. The predicted octanol–water partition coefficient (Wildman–Crippen LogP) is 1.03. The molecule has 8 heteroatoms. The fraction of sp³-hybridized carbons (Fsp3) is 0.231. The van der Waals surface area contributed by atoms with Crippen molar-refractivity contribution in [3.8, 4) is 0 Å². The van der Waals surface area contributed by atoms with E-state index in [-0.39, 0.29) is 22.8 Å². The zero-order valence-electron chi connectivity index (χ0n) is 11.1. The van der Waals surface area contributed by atoms with Crippen molar-refractivity contribution in [2.24, 2.45) is 0 Å². The standard InChI is InChI=1S/C13H12N2O5S/c1-14-12(17)10(11(13(14)18)21-7-6-16)8-2-4-9(5-3-8)15(19)20/h2-5,16H,6-7H2,1H3. The molecule has 0 aliphatic carbocycles. The molecule has 0 spiro atoms. The maximum Gasteiger partial charge on any atom is 0.269 e. The van der Waals surface area contributed by atoms with E-state index in [2.05, 4.69) is 0 Å². The van der Waals surface area contributed by atoms with Crippen molar-refractivity contribution in [3.63, 3.8) is 0 Å². The normalized spacial score (nSPS) is 15.0. The summed E-state index contributed by atoms with van der Waals surface area (Å²) in [5.41, 5.74) is 0.577. The van der Waals surface area contributed by atoms with Gasteiger partial charge in [-0.15, -0.1) is 11.8 Å². The minimum absolute atomic E-state index is 0.0889. The lowest BCUT2D eigenvalue weighted by atomic mass is 10.1. The van der Waals surface area contributed by atoms with Gasteiger partial charge in [0.25, 0.3) is 17.5 Å². The van der Waals surface area contributed by atoms with Gasteiger partial charge < -0.3 is 5.11 Å². The molecule has 0 saturated carbocycles. The van der Waals surface area contributed by atoms with Gasteiger partial charge in [0.1, 0.15) is 0 Å². The zero-order valence-corrected chi connectivity index (χ0v) is 11.9. The Morgan fingerprint density at radius 1 is 1.24 bits per heavy atom. The second kappa shape index (κ2) is 6.06. The number of nitrogens with zero attached hydrogens (tertiary/aromatic N) is 2. The third-order valence-electron chi connectivity index (χ3n) is 2.95. The van der Waals surface area contributed by atoms with E-state index in [0.717, 1.165) is 16.7 Å². The summed E-state index contributed by atoms with van der Waals surface area (Å²) in [6.07, 6.45) is 0. The maximum absolute atomic E-state index is 12.1. The summed E-state index contributed by atoms with van der Waals surface area (Å²) in [5, 5.41) is 19.5. The summed E-state index contributed by atoms with van der Waals surface area (Å²) >= 11 is 1.10. The highest BCUT2D eigenvalue weighted by molar-refractivity contribution is 8.04. The zero-order chi connectivity index (χ0) is 15.6. The van der Waals surface area contributed by atoms with Crippen LogP contribution in [0.3, 0.4) is 0 Å². The molecule has 110 valence electrons. The first-order valence-electron chi connectivity index (χ1n) is 6.02. The van der Waals surface area contributed by atoms with Gasteiger partial charge in [0.05, 0.1) is 22.0 Å². The number of aliphatic hydroxyl groups excluding tert-OH is 1. The van der Waals surface area contributed by atoms with Gasteiger partial charge in [0.15, 0.2) is 0 Å². The number of non-ortho nitro benzene ring substituents is 1. The van der Waals surface area contributed by atoms with E-state index in [4.69, 9.17) is 5.11 Å². The van der Waals surface area contributed by atoms with Crippen LogP contribution in [0.5, 0.6) is 0 Å². The molecule has 21 heavy (non-hydrogen) atoms. The Hall–Kier alpha value is -2.19. The van der Waals surface area contributed by atoms with Crippen LogP contribution in [0, 0.1) is 10.1 Å². The summed E-state index contributed by atoms with van der Waals surface area (Å²) in [6.45, 7) is -0.118. The average Bonchev–Trinajstić information content (AvgIpc) is 2.69. The third kappa shape index (κ3) is 2.81. The van der Waals surface area contributed by atoms with Gasteiger partial charge >= 0.3 is 0 Å². The number of imide groups is 1. The van der Waals surface area contributed by atoms with Crippen molar-refractivity contribution < 1.29 is 19.6 Å². The van der Waals surface area contributed by atoms with Gasteiger partial charge in [-0.3, -0.25) is 24.6 Å². The number of nitro groups is 1. The highest BCUT2D eigenvalue weighted by Crippen LogP contribution is 2.35. The van der Waals surface area contributed by atoms with Gasteiger partial charge in [0.2, 0.25) is 0 Å². The predicted molar refractivity (Wildman–Crippen MR) is 77.3 cm³/mol. The first kappa shape index (κ1) is 15.2. The number of hydrogen-bond donors (Lipinski definition) is 1. The molecular formula is C13H12N2O5S. The minimum Gasteiger partial charge on any atom is -0.396 e. The molecule has 0 unspecified atom stereocenters. The van der Waals surface area contributed by atoms with Gasteiger partial charge in [-0.05, 0) is 17.7 Å². The molecule has 7 nitrogen and oxygen atoms in total. The molecule has 0 fully saturated rings. The van der Waals surface area contributed by atoms with Crippen LogP contribution in [0.2, 0.25) is 0 Å². The number of carbonyl (C=O) groups is 2. The van der Waals surface area contributed by atoms with Gasteiger partial charge in [-0.25, -0.2) is 0 Å². The first-order chi connectivity index (χ1) is 9.97. The SMILES string of the molecule is CN1C(=O)C(SCCO)=C(c2ccc([N+](=O)[O-])cc2)C1=O. The van der Waals surface area contributed by atoms with E-state index >= 15 is 0 Å². The van der Waals surface area contributed by atoms with Crippen molar-refractivity contribution in [1.29, 1.82) is 0 Å². The van der Waals surface area contributed by atoms with E-state index in [9.17, 15) is 19.7 Å². The van der Waals surface area contributed by atoms with Crippen LogP contribution < -0.4 is 0 Å². The molecule has 1 aromatic rings. The summed E-state index contributed by atoms with van der Waals surface area (Å²) < 4.78 is 0. The lowest BCUT2D eigenvalue weighted by Gasteiger charge is -2.06. The Labute approximate surface area is 124 Å². The van der Waals surface area contributed by atoms with Gasteiger partial charge in [-0.2, -0.15) is 0 Å². The lowest BCUT2D eigenvalue weighted by molar-refractivity contribution is -0.384. The number of likely N-dealkylation sites (N-methyl/N-ethyl adjacent to an activating group) is 1. The van der Waals surface area contributed by atoms with Gasteiger partial charge in [0, 0.05) is 24.9 Å². The Bertz CT molecular complexity index is 638. The highest BCUT2D eigenvalue weighted by atomic mass is 32.2. The lowest BCUT2D eigenvalue weighted by Crippen LogP contribution is -2.26. The van der Waals surface area contributed by atoms with Crippen molar-refractivity contribution >= 4 is 34.8 Å². The Kier molecular flexibility index (Phi) is 4.39. The van der Waals surface area contributed by atoms with Crippen molar-refractivity contribution in [1.82, 2.24) is 4.90 Å². The van der Waals surface area contributed by atoms with E-state index in [1.165, 1.54) is 31.3 Å². The molecule has 2 amide bonds. The van der Waals surface area contributed by atoms with Crippen LogP contribution >= 0.6 is 11.8 Å². The minimum atomic E-state index is -0.534. The van der Waals surface area contributed by atoms with Crippen LogP contribution in [-0.2, 0) is 9.59 Å². The average molecular weight is 308 g/mol. The van der Waals surface area contributed by atoms with E-state index < -0.39 is 16.7 Å². The van der Waals surface area contributed by atoms with Crippen LogP contribution in [0.1, 0.15) is 5.56 Å². The van der Waals surface area contributed by atoms with Crippen LogP contribution in [0.15, 0.2) is 29.2 Å². The monoisotopic (exact) mass is 308 g/mol. The molecule has 2 rings (SSSR count). The molecule has 0 atom stereocenters. The maximum atomic E-state index is 12.1. The second-order valence-corrected chi connectivity index (χ2v) is 5.35. The third-order valence-corrected chi connectivity index (χ3v) is 4.00. The summed E-state index contributed by atoms with van der Waals surface area (Å²) in [7, 11) is 1.38. The summed E-state index contributed by atoms with van der Waals surface area (Å²) in [4.78, 5) is 35.5. The van der Waals surface area contributed by atoms with Crippen molar-refractivity contribution in [2.75, 3.05) is 19.4 Å². The Balaban J connectivity index is 2.45. The molecule has 0 aromatic heterocycles. The molecule has 1 heterocycles. The summed E-state index contributed by atoms with van der Waals surface area (Å²) in [6, 6.07) is 5.45. The molecule has 0 saturated heterocycles. The van der Waals surface area contributed by atoms with E-state index in [1.54, 1.807) is 0 Å². The number of benzene rings is 1. The number of rotatable bonds is 5. The van der Waals surface area contributed by atoms with Crippen LogP contribution in [0.25, 0.3) is 5.57 Å². The first-order valence-corrected chi connectivity index (χ1v) is 7.01. The fourth-order valence-corrected chi connectivity index (χ4v) is 2.81. The Morgan fingerprint density at radius 3 is 2.38 bits per heavy atom. The van der Waals surface area contributed by atoms with E-state index in [1.807, 2.05) is 0 Å². The quantitative estimate of drug-likeness (QED) is 0.495. The molecular weight excluding hydrogens is 296 g/mol. The number of thioether (sulfide) groups is 1. The van der Waals surface area contributed by atoms with Crippen molar-refractivity contribution in [2.45, 2.75) is 0 Å². The molecule has 0 radical (unpaired) electrons. The molecule has 1 aliphatic rings. The number of aliphatic hydroxyl groups is 1. The molecule has 1 N–H and O–H groups in total. The van der Waals surface area contributed by atoms with E-state index in [0.29, 0.717) is 11.3 Å². The number of amides is 2. The largest absolute Gasteiger partial charge is 0.396 e. The van der Waals surface area contributed by atoms with Crippen molar-refractivity contribution in [3.05, 3.63) is 44.8 Å². The van der Waals surface area contributed by atoms with Crippen LogP contribution in [-0.4, -0.2) is 46.2 Å². The number of nitro benzene ring substituents is 1. The topological polar surface area (TPSA) is 101 Å².